The molecule has 14 nitrogen and oxygen atoms in total. The molecule has 6 aliphatic rings. The number of guanidine groups is 1. The van der Waals surface area contributed by atoms with E-state index in [0.717, 1.165) is 31.5 Å². The first kappa shape index (κ1) is 34.3. The van der Waals surface area contributed by atoms with Gasteiger partial charge in [-0.05, 0) is 61.1 Å². The summed E-state index contributed by atoms with van der Waals surface area (Å²) in [5.41, 5.74) is 6.32. The number of carbonyl (C=O) groups excluding carboxylic acids is 2. The predicted molar refractivity (Wildman–Crippen MR) is 187 cm³/mol. The van der Waals surface area contributed by atoms with Crippen LogP contribution in [0.2, 0.25) is 0 Å². The average molecular weight is 689 g/mol. The molecule has 50 heavy (non-hydrogen) atoms. The molecule has 14 heteroatoms. The van der Waals surface area contributed by atoms with E-state index in [1.165, 1.54) is 0 Å². The minimum atomic E-state index is -0.762. The van der Waals surface area contributed by atoms with E-state index in [0.29, 0.717) is 49.0 Å². The van der Waals surface area contributed by atoms with Gasteiger partial charge in [0.1, 0.15) is 17.4 Å². The van der Waals surface area contributed by atoms with Crippen molar-refractivity contribution in [3.63, 3.8) is 0 Å². The molecule has 7 rings (SSSR count). The molecule has 3 fully saturated rings. The number of aliphatic hydroxyl groups is 2. The molecule has 2 saturated carbocycles. The highest BCUT2D eigenvalue weighted by molar-refractivity contribution is 6.06. The van der Waals surface area contributed by atoms with Crippen molar-refractivity contribution in [1.82, 2.24) is 20.1 Å². The number of ether oxygens (including phenoxy) is 2. The number of amides is 1. The number of rotatable bonds is 8. The van der Waals surface area contributed by atoms with Crippen molar-refractivity contribution < 1.29 is 29.3 Å². The zero-order chi connectivity index (χ0) is 35.4. The lowest BCUT2D eigenvalue weighted by atomic mass is 9.45. The molecule has 1 amide bonds. The van der Waals surface area contributed by atoms with Gasteiger partial charge in [0, 0.05) is 43.9 Å². The first-order valence-electron chi connectivity index (χ1n) is 17.5. The van der Waals surface area contributed by atoms with Crippen molar-refractivity contribution in [2.24, 2.45) is 38.4 Å². The molecule has 4 aliphatic heterocycles. The van der Waals surface area contributed by atoms with E-state index in [2.05, 4.69) is 37.4 Å². The second kappa shape index (κ2) is 13.2. The fourth-order valence-corrected chi connectivity index (χ4v) is 9.32. The van der Waals surface area contributed by atoms with Crippen LogP contribution in [0.25, 0.3) is 0 Å². The van der Waals surface area contributed by atoms with Crippen LogP contribution in [-0.4, -0.2) is 119 Å². The summed E-state index contributed by atoms with van der Waals surface area (Å²) >= 11 is 0. The summed E-state index contributed by atoms with van der Waals surface area (Å²) in [6.07, 6.45) is 6.47. The number of cyclic esters (lactones) is 1. The Bertz CT molecular complexity index is 1660. The Balaban J connectivity index is 1.25. The summed E-state index contributed by atoms with van der Waals surface area (Å²) in [7, 11) is 1.76. The van der Waals surface area contributed by atoms with Crippen LogP contribution in [0, 0.1) is 22.7 Å². The van der Waals surface area contributed by atoms with Crippen molar-refractivity contribution in [3.05, 3.63) is 60.0 Å². The maximum Gasteiger partial charge on any atom is 0.341 e. The molecule has 2 aliphatic carbocycles. The van der Waals surface area contributed by atoms with Crippen LogP contribution in [0.15, 0.2) is 70.0 Å². The number of esters is 1. The average Bonchev–Trinajstić information content (AvgIpc) is 3.63. The van der Waals surface area contributed by atoms with Gasteiger partial charge in [0.15, 0.2) is 18.2 Å². The van der Waals surface area contributed by atoms with E-state index < -0.39 is 35.7 Å². The molecule has 9 atom stereocenters. The van der Waals surface area contributed by atoms with Crippen molar-refractivity contribution >= 4 is 29.5 Å². The van der Waals surface area contributed by atoms with E-state index in [4.69, 9.17) is 21.8 Å². The van der Waals surface area contributed by atoms with Crippen molar-refractivity contribution in [2.45, 2.75) is 69.9 Å². The molecule has 0 radical (unpaired) electrons. The number of nitrogens with one attached hydrogen (secondary N) is 2. The number of likely N-dealkylation sites (N-methyl/N-ethyl adjacent to an activating group) is 1. The van der Waals surface area contributed by atoms with E-state index in [1.807, 2.05) is 25.1 Å². The van der Waals surface area contributed by atoms with Crippen LogP contribution in [0.1, 0.15) is 39.5 Å². The van der Waals surface area contributed by atoms with Gasteiger partial charge < -0.3 is 35.6 Å². The molecular weight excluding hydrogens is 640 g/mol. The minimum absolute atomic E-state index is 0.00379. The summed E-state index contributed by atoms with van der Waals surface area (Å²) in [5, 5.41) is 28.2. The molecule has 0 aromatic carbocycles. The van der Waals surface area contributed by atoms with Gasteiger partial charge in [0.05, 0.1) is 37.5 Å². The fourth-order valence-electron chi connectivity index (χ4n) is 9.32. The SMILES string of the molecule is C=C1C(N2CCOCC2)CC2[C@](C)(CC[C@@H](O)[C@@]2(C)CO)C1CC(Nc1ccccn1)C1=CC(=CC2=NC3C(=O)NC(N)=NC3N2C)OC1=O. The number of aliphatic imine (C=N–C) groups is 2. The normalized spacial score (nSPS) is 37.3. The summed E-state index contributed by atoms with van der Waals surface area (Å²) in [6, 6.07) is 4.34. The Morgan fingerprint density at radius 3 is 2.74 bits per heavy atom. The van der Waals surface area contributed by atoms with Crippen LogP contribution in [0.5, 0.6) is 0 Å². The van der Waals surface area contributed by atoms with Gasteiger partial charge in [-0.1, -0.05) is 32.1 Å². The van der Waals surface area contributed by atoms with E-state index >= 15 is 0 Å². The number of hydrogen-bond donors (Lipinski definition) is 5. The highest BCUT2D eigenvalue weighted by Gasteiger charge is 2.60. The Morgan fingerprint density at radius 2 is 2.02 bits per heavy atom. The maximum absolute atomic E-state index is 13.7. The van der Waals surface area contributed by atoms with Gasteiger partial charge in [-0.3, -0.25) is 20.0 Å². The molecule has 0 bridgehead atoms. The molecule has 0 spiro atoms. The number of anilines is 1. The van der Waals surface area contributed by atoms with Gasteiger partial charge in [-0.15, -0.1) is 0 Å². The molecular formula is C36H48N8O6. The third kappa shape index (κ3) is 5.91. The first-order valence-corrected chi connectivity index (χ1v) is 17.5. The van der Waals surface area contributed by atoms with Gasteiger partial charge in [0.25, 0.3) is 5.91 Å². The monoisotopic (exact) mass is 688 g/mol. The number of amidine groups is 1. The number of carbonyl (C=O) groups is 2. The van der Waals surface area contributed by atoms with Gasteiger partial charge in [0.2, 0.25) is 0 Å². The lowest BCUT2D eigenvalue weighted by Gasteiger charge is -2.62. The molecule has 268 valence electrons. The summed E-state index contributed by atoms with van der Waals surface area (Å²) in [5.74, 6) is 0.470. The minimum Gasteiger partial charge on any atom is -0.423 e. The number of aliphatic hydroxyl groups excluding tert-OH is 2. The predicted octanol–water partition coefficient (Wildman–Crippen LogP) is 1.16. The Kier molecular flexibility index (Phi) is 9.08. The molecule has 1 saturated heterocycles. The largest absolute Gasteiger partial charge is 0.423 e. The number of aromatic nitrogens is 1. The molecule has 6 unspecified atom stereocenters. The second-order valence-electron chi connectivity index (χ2n) is 14.9. The first-order chi connectivity index (χ1) is 23.9. The second-order valence-corrected chi connectivity index (χ2v) is 14.9. The topological polar surface area (TPSA) is 187 Å². The van der Waals surface area contributed by atoms with E-state index in [9.17, 15) is 19.8 Å². The van der Waals surface area contributed by atoms with Crippen LogP contribution in [0.3, 0.4) is 0 Å². The highest BCUT2D eigenvalue weighted by Crippen LogP contribution is 2.62. The zero-order valence-corrected chi connectivity index (χ0v) is 28.9. The van der Waals surface area contributed by atoms with Gasteiger partial charge in [-0.25, -0.2) is 14.8 Å². The van der Waals surface area contributed by atoms with Crippen LogP contribution >= 0.6 is 0 Å². The fraction of sp³-hybridized carbons (Fsp3) is 0.583. The smallest absolute Gasteiger partial charge is 0.341 e. The third-order valence-corrected chi connectivity index (χ3v) is 12.2. The van der Waals surface area contributed by atoms with Gasteiger partial charge >= 0.3 is 5.97 Å². The number of fused-ring (bicyclic) bond motifs is 2. The van der Waals surface area contributed by atoms with E-state index in [-0.39, 0.29) is 41.8 Å². The lowest BCUT2D eigenvalue weighted by molar-refractivity contribution is -0.163. The lowest BCUT2D eigenvalue weighted by Crippen LogP contribution is -2.62. The van der Waals surface area contributed by atoms with Crippen LogP contribution < -0.4 is 16.4 Å². The standard InChI is InChI=1S/C36H48N8O6/c1-20-23(35(2)9-8-27(46)36(3,19-45)26(35)18-25(20)44-11-13-49-14-12-44)17-24(39-28-7-5-6-10-38-28)22-15-21(50-33(22)48)16-29-40-30-31(43(29)4)41-34(37)42-32(30)47/h5-7,10,15-16,23-27,30-31,45-46H,1,8-9,11-14,17-19H2,2-4H3,(H,38,39)(H3,37,41,42,47)/t23?,24?,25?,26?,27-,30?,31?,35-,36+/m1/s1. The number of nitrogens with zero attached hydrogens (tertiary/aromatic N) is 5. The van der Waals surface area contributed by atoms with Crippen molar-refractivity contribution in [3.8, 4) is 0 Å². The number of hydrogen-bond acceptors (Lipinski definition) is 13. The summed E-state index contributed by atoms with van der Waals surface area (Å²) in [6.45, 7) is 11.8. The Morgan fingerprint density at radius 1 is 1.24 bits per heavy atom. The molecule has 1 aromatic heterocycles. The zero-order valence-electron chi connectivity index (χ0n) is 28.9. The number of morpholine rings is 1. The van der Waals surface area contributed by atoms with Gasteiger partial charge in [-0.2, -0.15) is 0 Å². The number of nitrogens with two attached hydrogens (primary N) is 1. The third-order valence-electron chi connectivity index (χ3n) is 12.2. The number of pyridine rings is 1. The molecule has 1 aromatic rings. The Labute approximate surface area is 292 Å². The molecule has 6 N–H and O–H groups in total. The Hall–Kier alpha value is -4.11. The number of allylic oxidation sites excluding steroid dienone is 1. The van der Waals surface area contributed by atoms with Crippen LogP contribution in [0.4, 0.5) is 5.82 Å². The summed E-state index contributed by atoms with van der Waals surface area (Å²) < 4.78 is 11.5. The molecule has 5 heterocycles. The summed E-state index contributed by atoms with van der Waals surface area (Å²) in [4.78, 5) is 43.9. The maximum atomic E-state index is 13.7. The van der Waals surface area contributed by atoms with Crippen molar-refractivity contribution in [1.29, 1.82) is 0 Å². The van der Waals surface area contributed by atoms with Crippen LogP contribution in [-0.2, 0) is 19.1 Å². The van der Waals surface area contributed by atoms with Crippen molar-refractivity contribution in [2.75, 3.05) is 45.3 Å². The van der Waals surface area contributed by atoms with E-state index in [1.54, 1.807) is 30.3 Å². The highest BCUT2D eigenvalue weighted by atomic mass is 16.5. The quantitative estimate of drug-likeness (QED) is 0.195.